The van der Waals surface area contributed by atoms with Crippen molar-refractivity contribution in [1.82, 2.24) is 0 Å². The van der Waals surface area contributed by atoms with Gasteiger partial charge >= 0.3 is 6.36 Å². The van der Waals surface area contributed by atoms with Crippen LogP contribution in [0.15, 0.2) is 0 Å². The van der Waals surface area contributed by atoms with Gasteiger partial charge in [0.15, 0.2) is 0 Å². The molecule has 0 rings (SSSR count). The van der Waals surface area contributed by atoms with E-state index in [4.69, 9.17) is 10.0 Å². The third-order valence-corrected chi connectivity index (χ3v) is 0.230. The van der Waals surface area contributed by atoms with Gasteiger partial charge in [-0.3, -0.25) is 0 Å². The van der Waals surface area contributed by atoms with Crippen molar-refractivity contribution in [3.8, 4) is 0 Å². The summed E-state index contributed by atoms with van der Waals surface area (Å²) in [6.07, 6.45) is -5.10. The van der Waals surface area contributed by atoms with Crippen molar-refractivity contribution in [1.29, 1.82) is 0 Å². The molecule has 0 spiro atoms. The Hall–Kier alpha value is -0.265. The van der Waals surface area contributed by atoms with Crippen LogP contribution in [0, 0.1) is 0 Å². The van der Waals surface area contributed by atoms with Crippen LogP contribution in [0.1, 0.15) is 0 Å². The van der Waals surface area contributed by atoms with E-state index in [9.17, 15) is 13.2 Å². The van der Waals surface area contributed by atoms with Gasteiger partial charge < -0.3 is 14.7 Å². The van der Waals surface area contributed by atoms with Gasteiger partial charge in [-0.2, -0.15) is 0 Å². The summed E-state index contributed by atoms with van der Waals surface area (Å²) in [5, 5.41) is 18.1. The molecule has 0 aromatic rings. The minimum Gasteiger partial charge on any atom is -0.870 e. The van der Waals surface area contributed by atoms with E-state index in [0.29, 0.717) is 0 Å². The molecule has 0 N–H and O–H groups in total. The van der Waals surface area contributed by atoms with Crippen LogP contribution < -0.4 is 10.0 Å². The highest BCUT2D eigenvalue weighted by Crippen LogP contribution is 2.14. The Balaban J connectivity index is 3.39. The van der Waals surface area contributed by atoms with Gasteiger partial charge in [-0.05, 0) is 0 Å². The molecule has 0 saturated carbocycles. The van der Waals surface area contributed by atoms with E-state index >= 15 is 0 Å². The zero-order valence-electron chi connectivity index (χ0n) is 3.44. The van der Waals surface area contributed by atoms with Gasteiger partial charge in [-0.15, -0.1) is 13.2 Å². The highest BCUT2D eigenvalue weighted by Gasteiger charge is 2.26. The zero-order chi connectivity index (χ0) is 6.78. The summed E-state index contributed by atoms with van der Waals surface area (Å²) in [5.41, 5.74) is 0. The van der Waals surface area contributed by atoms with Crippen molar-refractivity contribution in [3.05, 3.63) is 0 Å². The summed E-state index contributed by atoms with van der Waals surface area (Å²) in [6.45, 7) is 0. The molecule has 0 bridgehead atoms. The maximum absolute atomic E-state index is 10.7. The second-order valence-corrected chi connectivity index (χ2v) is 0.852. The van der Waals surface area contributed by atoms with Crippen molar-refractivity contribution in [2.24, 2.45) is 0 Å². The predicted molar refractivity (Wildman–Crippen MR) is 12.9 cm³/mol. The SMILES string of the molecule is [O-]B([O-])OC(F)(F)F. The van der Waals surface area contributed by atoms with Crippen molar-refractivity contribution in [3.63, 3.8) is 0 Å². The molecule has 0 heterocycles. The molecule has 48 valence electrons. The Morgan fingerprint density at radius 1 is 1.25 bits per heavy atom. The van der Waals surface area contributed by atoms with Crippen molar-refractivity contribution < 1.29 is 27.9 Å². The highest BCUT2D eigenvalue weighted by atomic mass is 19.4. The smallest absolute Gasteiger partial charge is 0.505 e. The second kappa shape index (κ2) is 2.34. The molecule has 0 aromatic heterocycles. The molecule has 0 aromatic carbocycles. The average Bonchev–Trinajstić information content (AvgIpc) is 1.21. The van der Waals surface area contributed by atoms with E-state index in [-0.39, 0.29) is 0 Å². The molecule has 0 aliphatic carbocycles. The van der Waals surface area contributed by atoms with Crippen molar-refractivity contribution >= 4 is 7.32 Å². The van der Waals surface area contributed by atoms with Gasteiger partial charge in [0.25, 0.3) is 0 Å². The first-order chi connectivity index (χ1) is 3.42. The second-order valence-electron chi connectivity index (χ2n) is 0.852. The summed E-state index contributed by atoms with van der Waals surface area (Å²) in [5.74, 6) is 0. The molecule has 0 aliphatic rings. The molecule has 0 atom stereocenters. The first kappa shape index (κ1) is 7.73. The summed E-state index contributed by atoms with van der Waals surface area (Å²) >= 11 is 0. The zero-order valence-corrected chi connectivity index (χ0v) is 3.44. The van der Waals surface area contributed by atoms with E-state index in [2.05, 4.69) is 4.65 Å². The van der Waals surface area contributed by atoms with Crippen LogP contribution in [0.2, 0.25) is 0 Å². The Morgan fingerprint density at radius 3 is 1.62 bits per heavy atom. The Bertz CT molecular complexity index is 69.4. The molecular weight excluding hydrogens is 128 g/mol. The molecule has 0 radical (unpaired) electrons. The van der Waals surface area contributed by atoms with E-state index in [0.717, 1.165) is 0 Å². The topological polar surface area (TPSA) is 55.3 Å². The van der Waals surface area contributed by atoms with Crippen LogP contribution in [0.4, 0.5) is 13.2 Å². The summed E-state index contributed by atoms with van der Waals surface area (Å²) in [7, 11) is -3.28. The van der Waals surface area contributed by atoms with Crippen LogP contribution in [-0.2, 0) is 4.65 Å². The van der Waals surface area contributed by atoms with Crippen molar-refractivity contribution in [2.75, 3.05) is 0 Å². The summed E-state index contributed by atoms with van der Waals surface area (Å²) < 4.78 is 34.4. The van der Waals surface area contributed by atoms with Gasteiger partial charge in [-0.25, -0.2) is 0 Å². The lowest BCUT2D eigenvalue weighted by molar-refractivity contribution is -0.423. The van der Waals surface area contributed by atoms with Crippen LogP contribution in [0.25, 0.3) is 0 Å². The molecule has 3 nitrogen and oxygen atoms in total. The van der Waals surface area contributed by atoms with Crippen molar-refractivity contribution in [2.45, 2.75) is 6.36 Å². The minimum absolute atomic E-state index is 2.33. The Labute approximate surface area is 42.9 Å². The fourth-order valence-corrected chi connectivity index (χ4v) is 0.109. The maximum atomic E-state index is 10.7. The monoisotopic (exact) mass is 128 g/mol. The van der Waals surface area contributed by atoms with E-state index < -0.39 is 13.7 Å². The van der Waals surface area contributed by atoms with Gasteiger partial charge in [0, 0.05) is 0 Å². The molecule has 0 fully saturated rings. The molecule has 0 saturated heterocycles. The molecule has 0 unspecified atom stereocenters. The van der Waals surface area contributed by atoms with E-state index in [1.165, 1.54) is 0 Å². The molecule has 8 heavy (non-hydrogen) atoms. The summed E-state index contributed by atoms with van der Waals surface area (Å²) in [4.78, 5) is 0. The quantitative estimate of drug-likeness (QED) is 0.392. The van der Waals surface area contributed by atoms with Gasteiger partial charge in [-0.1, -0.05) is 0 Å². The van der Waals surface area contributed by atoms with Gasteiger partial charge in [0.2, 0.25) is 0 Å². The molecular formula is CBF3O3-2. The highest BCUT2D eigenvalue weighted by molar-refractivity contribution is 6.28. The fourth-order valence-electron chi connectivity index (χ4n) is 0.109. The van der Waals surface area contributed by atoms with Crippen LogP contribution in [0.3, 0.4) is 0 Å². The third-order valence-electron chi connectivity index (χ3n) is 0.230. The maximum Gasteiger partial charge on any atom is 0.505 e. The lowest BCUT2D eigenvalue weighted by Gasteiger charge is -2.26. The first-order valence-corrected chi connectivity index (χ1v) is 1.48. The largest absolute Gasteiger partial charge is 0.870 e. The number of rotatable bonds is 1. The van der Waals surface area contributed by atoms with Crippen LogP contribution in [0.5, 0.6) is 0 Å². The number of hydrogen-bond acceptors (Lipinski definition) is 3. The Morgan fingerprint density at radius 2 is 1.62 bits per heavy atom. The van der Waals surface area contributed by atoms with Gasteiger partial charge in [0.05, 0.1) is 7.32 Å². The lowest BCUT2D eigenvalue weighted by Crippen LogP contribution is -2.50. The first-order valence-electron chi connectivity index (χ1n) is 1.48. The molecule has 7 heteroatoms. The van der Waals surface area contributed by atoms with E-state index in [1.54, 1.807) is 0 Å². The number of hydrogen-bond donors (Lipinski definition) is 0. The van der Waals surface area contributed by atoms with Gasteiger partial charge in [0.1, 0.15) is 0 Å². The fraction of sp³-hybridized carbons (Fsp3) is 1.00. The summed E-state index contributed by atoms with van der Waals surface area (Å²) in [6, 6.07) is 0. The lowest BCUT2D eigenvalue weighted by atomic mass is 10.3. The van der Waals surface area contributed by atoms with Crippen LogP contribution >= 0.6 is 0 Å². The van der Waals surface area contributed by atoms with Crippen LogP contribution in [-0.4, -0.2) is 13.7 Å². The average molecular weight is 128 g/mol. The van der Waals surface area contributed by atoms with E-state index in [1.807, 2.05) is 0 Å². The predicted octanol–water partition coefficient (Wildman–Crippen LogP) is -1.77. The molecule has 0 amide bonds. The molecule has 0 aliphatic heterocycles. The third kappa shape index (κ3) is 5.73. The number of halogens is 3. The normalized spacial score (nSPS) is 11.6. The standard InChI is InChI=1S/CBF3O3/c3-1(4,5)8-2(6)7/q-2. The Kier molecular flexibility index (Phi) is 2.26. The minimum atomic E-state index is -5.10. The number of alkyl halides is 3.